The van der Waals surface area contributed by atoms with Gasteiger partial charge in [0.2, 0.25) is 5.95 Å². The van der Waals surface area contributed by atoms with Crippen molar-refractivity contribution in [2.24, 2.45) is 5.41 Å². The Morgan fingerprint density at radius 2 is 2.09 bits per heavy atom. The maximum Gasteiger partial charge on any atom is 0.225 e. The first kappa shape index (κ1) is 15.1. The van der Waals surface area contributed by atoms with E-state index in [1.54, 1.807) is 0 Å². The Labute approximate surface area is 140 Å². The average Bonchev–Trinajstić information content (AvgIpc) is 3.17. The van der Waals surface area contributed by atoms with E-state index in [0.29, 0.717) is 0 Å². The molecule has 0 bridgehead atoms. The Morgan fingerprint density at radius 3 is 2.91 bits per heavy atom. The summed E-state index contributed by atoms with van der Waals surface area (Å²) in [5.74, 6) is 0.828. The molecule has 6 heteroatoms. The number of ether oxygens (including phenoxy) is 1. The van der Waals surface area contributed by atoms with Gasteiger partial charge in [0.1, 0.15) is 0 Å². The molecule has 4 rings (SSSR count). The second-order valence-electron chi connectivity index (χ2n) is 6.56. The summed E-state index contributed by atoms with van der Waals surface area (Å²) < 4.78 is 5.95. The maximum absolute atomic E-state index is 5.95. The van der Waals surface area contributed by atoms with Crippen molar-refractivity contribution in [1.82, 2.24) is 14.9 Å². The van der Waals surface area contributed by atoms with Crippen LogP contribution < -0.4 is 4.90 Å². The fourth-order valence-electron chi connectivity index (χ4n) is 3.65. The van der Waals surface area contributed by atoms with Gasteiger partial charge in [0, 0.05) is 48.9 Å². The van der Waals surface area contributed by atoms with Crippen molar-refractivity contribution < 1.29 is 4.74 Å². The van der Waals surface area contributed by atoms with Crippen molar-refractivity contribution in [3.8, 4) is 0 Å². The molecule has 1 spiro atoms. The summed E-state index contributed by atoms with van der Waals surface area (Å²) in [5, 5.41) is 2.16. The molecule has 2 saturated heterocycles. The molecule has 0 radical (unpaired) electrons. The van der Waals surface area contributed by atoms with E-state index in [1.165, 1.54) is 11.3 Å². The van der Waals surface area contributed by atoms with Gasteiger partial charge in [-0.05, 0) is 30.5 Å². The third-order valence-electron chi connectivity index (χ3n) is 4.75. The van der Waals surface area contributed by atoms with Crippen LogP contribution in [0.25, 0.3) is 0 Å². The molecule has 0 amide bonds. The summed E-state index contributed by atoms with van der Waals surface area (Å²) in [4.78, 5) is 15.1. The molecule has 0 aromatic carbocycles. The van der Waals surface area contributed by atoms with Gasteiger partial charge in [-0.3, -0.25) is 4.90 Å². The minimum atomic E-state index is 0.201. The summed E-state index contributed by atoms with van der Waals surface area (Å²) in [6, 6.07) is 6.23. The van der Waals surface area contributed by atoms with Gasteiger partial charge in [-0.1, -0.05) is 6.07 Å². The van der Waals surface area contributed by atoms with Crippen molar-refractivity contribution in [2.45, 2.75) is 13.0 Å². The first-order chi connectivity index (χ1) is 11.3. The number of likely N-dealkylation sites (tertiary alicyclic amines) is 1. The molecule has 0 unspecified atom stereocenters. The molecule has 2 fully saturated rings. The fourth-order valence-corrected chi connectivity index (χ4v) is 4.40. The lowest BCUT2D eigenvalue weighted by Gasteiger charge is -2.31. The van der Waals surface area contributed by atoms with E-state index in [1.807, 2.05) is 29.8 Å². The molecular weight excluding hydrogens is 308 g/mol. The molecule has 0 N–H and O–H groups in total. The lowest BCUT2D eigenvalue weighted by molar-refractivity contribution is 0.0731. The van der Waals surface area contributed by atoms with Gasteiger partial charge in [0.25, 0.3) is 0 Å². The summed E-state index contributed by atoms with van der Waals surface area (Å²) in [6.07, 6.45) is 4.82. The topological polar surface area (TPSA) is 41.5 Å². The molecule has 122 valence electrons. The Kier molecular flexibility index (Phi) is 4.29. The molecule has 1 atom stereocenters. The highest BCUT2D eigenvalue weighted by molar-refractivity contribution is 7.09. The van der Waals surface area contributed by atoms with Crippen LogP contribution in [0.15, 0.2) is 36.0 Å². The maximum atomic E-state index is 5.95. The van der Waals surface area contributed by atoms with E-state index in [2.05, 4.69) is 37.3 Å². The monoisotopic (exact) mass is 330 g/mol. The lowest BCUT2D eigenvalue weighted by atomic mass is 9.87. The molecule has 2 aromatic rings. The van der Waals surface area contributed by atoms with Crippen molar-refractivity contribution in [3.63, 3.8) is 0 Å². The Morgan fingerprint density at radius 1 is 1.17 bits per heavy atom. The smallest absolute Gasteiger partial charge is 0.225 e. The van der Waals surface area contributed by atoms with Crippen LogP contribution in [-0.4, -0.2) is 54.3 Å². The molecule has 0 saturated carbocycles. The number of aromatic nitrogens is 2. The first-order valence-corrected chi connectivity index (χ1v) is 9.05. The van der Waals surface area contributed by atoms with E-state index < -0.39 is 0 Å². The highest BCUT2D eigenvalue weighted by Crippen LogP contribution is 2.35. The molecular formula is C17H22N4OS. The minimum Gasteiger partial charge on any atom is -0.379 e. The molecule has 2 aromatic heterocycles. The van der Waals surface area contributed by atoms with E-state index >= 15 is 0 Å². The zero-order valence-electron chi connectivity index (χ0n) is 13.2. The van der Waals surface area contributed by atoms with E-state index in [4.69, 9.17) is 4.74 Å². The van der Waals surface area contributed by atoms with Gasteiger partial charge >= 0.3 is 0 Å². The molecule has 2 aliphatic rings. The number of hydrogen-bond acceptors (Lipinski definition) is 6. The van der Waals surface area contributed by atoms with Crippen molar-refractivity contribution in [3.05, 3.63) is 40.8 Å². The van der Waals surface area contributed by atoms with Crippen LogP contribution in [0.5, 0.6) is 0 Å². The molecule has 5 nitrogen and oxygen atoms in total. The largest absolute Gasteiger partial charge is 0.379 e. The highest BCUT2D eigenvalue weighted by atomic mass is 32.1. The zero-order chi connectivity index (χ0) is 15.5. The highest BCUT2D eigenvalue weighted by Gasteiger charge is 2.41. The van der Waals surface area contributed by atoms with Gasteiger partial charge in [-0.25, -0.2) is 9.97 Å². The molecule has 23 heavy (non-hydrogen) atoms. The van der Waals surface area contributed by atoms with Gasteiger partial charge in [0.05, 0.1) is 13.2 Å². The van der Waals surface area contributed by atoms with E-state index in [9.17, 15) is 0 Å². The second-order valence-corrected chi connectivity index (χ2v) is 7.60. The fraction of sp³-hybridized carbons (Fsp3) is 0.529. The van der Waals surface area contributed by atoms with E-state index in [-0.39, 0.29) is 5.41 Å². The van der Waals surface area contributed by atoms with Crippen LogP contribution in [-0.2, 0) is 11.3 Å². The molecule has 0 aliphatic carbocycles. The molecule has 4 heterocycles. The van der Waals surface area contributed by atoms with Crippen molar-refractivity contribution >= 4 is 17.3 Å². The van der Waals surface area contributed by atoms with Crippen molar-refractivity contribution in [1.29, 1.82) is 0 Å². The molecule has 2 aliphatic heterocycles. The van der Waals surface area contributed by atoms with Crippen molar-refractivity contribution in [2.75, 3.05) is 44.3 Å². The van der Waals surface area contributed by atoms with Crippen LogP contribution in [0.4, 0.5) is 5.95 Å². The summed E-state index contributed by atoms with van der Waals surface area (Å²) in [7, 11) is 0. The van der Waals surface area contributed by atoms with Crippen LogP contribution in [0.2, 0.25) is 0 Å². The quantitative estimate of drug-likeness (QED) is 0.863. The third kappa shape index (κ3) is 3.39. The normalized spacial score (nSPS) is 25.8. The standard InChI is InChI=1S/C17H22N4OS/c1-3-15(23-10-1)11-20-7-4-17(12-20)13-21(8-9-22-14-17)16-18-5-2-6-19-16/h1-3,5-6,10H,4,7-9,11-14H2/t17-/m1/s1. The van der Waals surface area contributed by atoms with Gasteiger partial charge < -0.3 is 9.64 Å². The third-order valence-corrected chi connectivity index (χ3v) is 5.61. The van der Waals surface area contributed by atoms with Crippen LogP contribution in [0.3, 0.4) is 0 Å². The summed E-state index contributed by atoms with van der Waals surface area (Å²) in [5.41, 5.74) is 0.201. The van der Waals surface area contributed by atoms with Crippen LogP contribution in [0, 0.1) is 5.41 Å². The number of hydrogen-bond donors (Lipinski definition) is 0. The first-order valence-electron chi connectivity index (χ1n) is 8.18. The number of rotatable bonds is 3. The number of nitrogens with zero attached hydrogens (tertiary/aromatic N) is 4. The SMILES string of the molecule is c1cnc(N2CCOC[C@@]3(CCN(Cc4cccs4)C3)C2)nc1. The van der Waals surface area contributed by atoms with Gasteiger partial charge in [0.15, 0.2) is 0 Å². The number of anilines is 1. The van der Waals surface area contributed by atoms with Crippen LogP contribution >= 0.6 is 11.3 Å². The van der Waals surface area contributed by atoms with Gasteiger partial charge in [-0.2, -0.15) is 0 Å². The second kappa shape index (κ2) is 6.55. The Bertz CT molecular complexity index is 621. The number of thiophene rings is 1. The Hall–Kier alpha value is -1.50. The predicted molar refractivity (Wildman–Crippen MR) is 91.7 cm³/mol. The Balaban J connectivity index is 1.47. The minimum absolute atomic E-state index is 0.201. The lowest BCUT2D eigenvalue weighted by Crippen LogP contribution is -2.41. The summed E-state index contributed by atoms with van der Waals surface area (Å²) in [6.45, 7) is 6.75. The summed E-state index contributed by atoms with van der Waals surface area (Å²) >= 11 is 1.84. The average molecular weight is 330 g/mol. The zero-order valence-corrected chi connectivity index (χ0v) is 14.0. The van der Waals surface area contributed by atoms with E-state index in [0.717, 1.165) is 51.9 Å². The predicted octanol–water partition coefficient (Wildman–Crippen LogP) is 2.27. The van der Waals surface area contributed by atoms with Crippen LogP contribution in [0.1, 0.15) is 11.3 Å². The van der Waals surface area contributed by atoms with Gasteiger partial charge in [-0.15, -0.1) is 11.3 Å².